The molecule has 0 bridgehead atoms. The molecule has 0 radical (unpaired) electrons. The molecule has 0 spiro atoms. The van der Waals surface area contributed by atoms with Gasteiger partial charge in [-0.05, 0) is 89.5 Å². The highest BCUT2D eigenvalue weighted by molar-refractivity contribution is 7.45. The molecule has 1 amide bonds. The quantitative estimate of drug-likeness (QED) is 0.0212. The van der Waals surface area contributed by atoms with Crippen LogP contribution in [-0.2, 0) is 27.9 Å². The number of allylic oxidation sites excluding steroid dienone is 7. The van der Waals surface area contributed by atoms with E-state index in [1.54, 1.807) is 0 Å². The first-order chi connectivity index (χ1) is 36.9. The number of rotatable bonds is 59. The molecular formula is C66H125N2O7P. The lowest BCUT2D eigenvalue weighted by atomic mass is 10.0. The fraction of sp³-hybridized carbons (Fsp3) is 0.848. The fourth-order valence-electron chi connectivity index (χ4n) is 9.43. The van der Waals surface area contributed by atoms with E-state index in [-0.39, 0.29) is 31.5 Å². The number of nitrogens with one attached hydrogen (secondary N) is 1. The Kier molecular flexibility index (Phi) is 54.7. The van der Waals surface area contributed by atoms with E-state index in [1.165, 1.54) is 199 Å². The van der Waals surface area contributed by atoms with Gasteiger partial charge in [-0.1, -0.05) is 256 Å². The zero-order valence-corrected chi connectivity index (χ0v) is 51.9. The van der Waals surface area contributed by atoms with Crippen molar-refractivity contribution in [3.63, 3.8) is 0 Å². The van der Waals surface area contributed by atoms with Gasteiger partial charge < -0.3 is 28.5 Å². The van der Waals surface area contributed by atoms with Gasteiger partial charge in [-0.2, -0.15) is 0 Å². The van der Waals surface area contributed by atoms with Gasteiger partial charge in [-0.25, -0.2) is 0 Å². The van der Waals surface area contributed by atoms with Gasteiger partial charge in [0.15, 0.2) is 0 Å². The maximum absolute atomic E-state index is 13.6. The summed E-state index contributed by atoms with van der Waals surface area (Å²) in [4.78, 5) is 40.0. The van der Waals surface area contributed by atoms with Crippen molar-refractivity contribution in [3.8, 4) is 0 Å². The molecule has 9 nitrogen and oxygen atoms in total. The Bertz CT molecular complexity index is 1440. The van der Waals surface area contributed by atoms with Gasteiger partial charge in [0, 0.05) is 12.8 Å². The number of carbonyl (C=O) groups excluding carboxylic acids is 2. The SMILES string of the molecule is CCCCC/C=C\C/C=C\CCCCCCCCCCCCCC(=O)NC(COP(=O)([O-])OCC[N+](C)(C)C)C(/C=C\CCCCCCCCCCCC)OC(=O)CCCCCCCCC/C=C/CCCCCCCC. The number of carbonyl (C=O) groups is 2. The van der Waals surface area contributed by atoms with Crippen LogP contribution in [-0.4, -0.2) is 69.4 Å². The van der Waals surface area contributed by atoms with Crippen molar-refractivity contribution >= 4 is 19.7 Å². The van der Waals surface area contributed by atoms with Crippen LogP contribution in [0, 0.1) is 0 Å². The molecule has 76 heavy (non-hydrogen) atoms. The van der Waals surface area contributed by atoms with Crippen LogP contribution in [0.5, 0.6) is 0 Å². The van der Waals surface area contributed by atoms with E-state index in [2.05, 4.69) is 62.5 Å². The molecule has 0 fully saturated rings. The predicted octanol–water partition coefficient (Wildman–Crippen LogP) is 19.4. The Morgan fingerprint density at radius 3 is 1.22 bits per heavy atom. The molecule has 0 aromatic heterocycles. The maximum atomic E-state index is 13.6. The van der Waals surface area contributed by atoms with E-state index >= 15 is 0 Å². The van der Waals surface area contributed by atoms with E-state index in [0.29, 0.717) is 17.4 Å². The Balaban J connectivity index is 5.19. The summed E-state index contributed by atoms with van der Waals surface area (Å²) < 4.78 is 30.4. The van der Waals surface area contributed by atoms with E-state index in [4.69, 9.17) is 13.8 Å². The van der Waals surface area contributed by atoms with Gasteiger partial charge in [-0.3, -0.25) is 14.2 Å². The van der Waals surface area contributed by atoms with Crippen LogP contribution >= 0.6 is 7.82 Å². The minimum Gasteiger partial charge on any atom is -0.756 e. The standard InChI is InChI=1S/C66H125N2O7P/c1-7-10-13-16-19-22-25-28-30-32-33-34-35-37-38-40-43-46-49-52-55-58-65(69)67-63(62-74-76(71,72)73-61-60-68(4,5)6)64(57-54-51-48-45-42-27-24-21-18-15-12-9-3)75-66(70)59-56-53-50-47-44-41-39-36-31-29-26-23-20-17-14-11-8-2/h19,22,28-31,54,57,63-64H,7-18,20-21,23-27,32-53,55-56,58-62H2,1-6H3,(H-,67,69,71,72)/b22-19-,30-28-,31-29+,57-54-. The second kappa shape index (κ2) is 56.3. The highest BCUT2D eigenvalue weighted by Crippen LogP contribution is 2.38. The van der Waals surface area contributed by atoms with Crippen molar-refractivity contribution in [2.24, 2.45) is 0 Å². The number of hydrogen-bond donors (Lipinski definition) is 1. The minimum atomic E-state index is -4.70. The Hall–Kier alpha value is -2.03. The summed E-state index contributed by atoms with van der Waals surface area (Å²) in [5.41, 5.74) is 0. The summed E-state index contributed by atoms with van der Waals surface area (Å²) in [6.07, 6.45) is 69.3. The van der Waals surface area contributed by atoms with Gasteiger partial charge >= 0.3 is 5.97 Å². The van der Waals surface area contributed by atoms with Crippen LogP contribution in [0.3, 0.4) is 0 Å². The molecule has 3 atom stereocenters. The van der Waals surface area contributed by atoms with Crippen molar-refractivity contribution in [2.45, 2.75) is 322 Å². The second-order valence-electron chi connectivity index (χ2n) is 23.3. The number of quaternary nitrogens is 1. The number of nitrogens with zero attached hydrogens (tertiary/aromatic N) is 1. The Labute approximate surface area is 471 Å². The van der Waals surface area contributed by atoms with Crippen molar-refractivity contribution in [1.29, 1.82) is 0 Å². The first-order valence-corrected chi connectivity index (χ1v) is 33.9. The number of esters is 1. The molecule has 0 saturated carbocycles. The summed E-state index contributed by atoms with van der Waals surface area (Å²) in [5, 5.41) is 3.04. The molecule has 10 heteroatoms. The Morgan fingerprint density at radius 2 is 0.803 bits per heavy atom. The minimum absolute atomic E-state index is 0.0227. The average Bonchev–Trinajstić information content (AvgIpc) is 3.38. The summed E-state index contributed by atoms with van der Waals surface area (Å²) in [7, 11) is 1.19. The van der Waals surface area contributed by atoms with Gasteiger partial charge in [0.05, 0.1) is 33.8 Å². The van der Waals surface area contributed by atoms with Crippen molar-refractivity contribution < 1.29 is 37.3 Å². The van der Waals surface area contributed by atoms with Gasteiger partial charge in [-0.15, -0.1) is 0 Å². The third-order valence-corrected chi connectivity index (χ3v) is 15.4. The third kappa shape index (κ3) is 56.7. The number of phosphoric acid groups is 1. The molecule has 0 saturated heterocycles. The zero-order valence-electron chi connectivity index (χ0n) is 51.0. The molecule has 0 aliphatic carbocycles. The second-order valence-corrected chi connectivity index (χ2v) is 24.7. The third-order valence-electron chi connectivity index (χ3n) is 14.5. The molecule has 0 aliphatic heterocycles. The first kappa shape index (κ1) is 74.0. The lowest BCUT2D eigenvalue weighted by Crippen LogP contribution is -2.47. The topological polar surface area (TPSA) is 114 Å². The molecule has 0 heterocycles. The van der Waals surface area contributed by atoms with Crippen molar-refractivity contribution in [1.82, 2.24) is 5.32 Å². The summed E-state index contributed by atoms with van der Waals surface area (Å²) in [6.45, 7) is 6.84. The van der Waals surface area contributed by atoms with Crippen molar-refractivity contribution in [2.75, 3.05) is 40.9 Å². The largest absolute Gasteiger partial charge is 0.756 e. The van der Waals surface area contributed by atoms with E-state index in [0.717, 1.165) is 77.0 Å². The van der Waals surface area contributed by atoms with Crippen LogP contribution in [0.1, 0.15) is 310 Å². The highest BCUT2D eigenvalue weighted by Gasteiger charge is 2.27. The molecule has 0 rings (SSSR count). The highest BCUT2D eigenvalue weighted by atomic mass is 31.2. The molecule has 0 aromatic rings. The Morgan fingerprint density at radius 1 is 0.461 bits per heavy atom. The zero-order chi connectivity index (χ0) is 55.7. The average molecular weight is 1090 g/mol. The molecule has 0 aliphatic rings. The van der Waals surface area contributed by atoms with Crippen LogP contribution in [0.25, 0.3) is 0 Å². The van der Waals surface area contributed by atoms with Crippen molar-refractivity contribution in [3.05, 3.63) is 48.6 Å². The lowest BCUT2D eigenvalue weighted by Gasteiger charge is -2.30. The van der Waals surface area contributed by atoms with E-state index in [1.807, 2.05) is 33.3 Å². The number of phosphoric ester groups is 1. The molecule has 1 N–H and O–H groups in total. The van der Waals surface area contributed by atoms with E-state index in [9.17, 15) is 19.0 Å². The number of likely N-dealkylation sites (N-methyl/N-ethyl adjacent to an activating group) is 1. The summed E-state index contributed by atoms with van der Waals surface area (Å²) in [5.74, 6) is -0.538. The summed E-state index contributed by atoms with van der Waals surface area (Å²) in [6, 6.07) is -0.890. The molecule has 446 valence electrons. The summed E-state index contributed by atoms with van der Waals surface area (Å²) >= 11 is 0. The predicted molar refractivity (Wildman–Crippen MR) is 326 cm³/mol. The number of unbranched alkanes of at least 4 members (excludes halogenated alkanes) is 37. The monoisotopic (exact) mass is 1090 g/mol. The fourth-order valence-corrected chi connectivity index (χ4v) is 10.2. The van der Waals surface area contributed by atoms with Gasteiger partial charge in [0.25, 0.3) is 7.82 Å². The smallest absolute Gasteiger partial charge is 0.306 e. The number of amides is 1. The van der Waals surface area contributed by atoms with Crippen LogP contribution in [0.15, 0.2) is 48.6 Å². The maximum Gasteiger partial charge on any atom is 0.306 e. The van der Waals surface area contributed by atoms with E-state index < -0.39 is 20.0 Å². The number of ether oxygens (including phenoxy) is 1. The van der Waals surface area contributed by atoms with Crippen LogP contribution < -0.4 is 10.2 Å². The molecule has 3 unspecified atom stereocenters. The molecular weight excluding hydrogens is 964 g/mol. The van der Waals surface area contributed by atoms with Gasteiger partial charge in [0.2, 0.25) is 5.91 Å². The normalized spacial score (nSPS) is 13.9. The lowest BCUT2D eigenvalue weighted by molar-refractivity contribution is -0.870. The van der Waals surface area contributed by atoms with Crippen LogP contribution in [0.4, 0.5) is 0 Å². The van der Waals surface area contributed by atoms with Crippen LogP contribution in [0.2, 0.25) is 0 Å². The molecule has 0 aromatic carbocycles. The first-order valence-electron chi connectivity index (χ1n) is 32.4. The van der Waals surface area contributed by atoms with Gasteiger partial charge in [0.1, 0.15) is 19.3 Å². The number of hydrogen-bond acceptors (Lipinski definition) is 7.